The predicted octanol–water partition coefficient (Wildman–Crippen LogP) is 1.53. The van der Waals surface area contributed by atoms with Gasteiger partial charge in [0.25, 0.3) is 0 Å². The van der Waals surface area contributed by atoms with Gasteiger partial charge in [0.05, 0.1) is 13.0 Å². The summed E-state index contributed by atoms with van der Waals surface area (Å²) < 4.78 is 4.96. The fraction of sp³-hybridized carbons (Fsp3) is 0.467. The first-order valence-electron chi connectivity index (χ1n) is 6.94. The van der Waals surface area contributed by atoms with E-state index in [9.17, 15) is 9.59 Å². The second-order valence-electron chi connectivity index (χ2n) is 4.73. The fourth-order valence-corrected chi connectivity index (χ4v) is 2.24. The summed E-state index contributed by atoms with van der Waals surface area (Å²) in [5.74, 6) is 0.111. The maximum atomic E-state index is 12.2. The lowest BCUT2D eigenvalue weighted by Gasteiger charge is -2.34. The Labute approximate surface area is 119 Å². The molecule has 5 heteroatoms. The lowest BCUT2D eigenvalue weighted by atomic mass is 10.1. The molecular formula is C15H20N2O3. The zero-order valence-electron chi connectivity index (χ0n) is 11.7. The molecular weight excluding hydrogens is 256 g/mol. The number of carbonyl (C=O) groups is 2. The minimum Gasteiger partial charge on any atom is -0.450 e. The quantitative estimate of drug-likeness (QED) is 0.841. The number of hydrogen-bond donors (Lipinski definition) is 0. The molecule has 0 aromatic heterocycles. The van der Waals surface area contributed by atoms with Crippen molar-refractivity contribution < 1.29 is 14.3 Å². The Kier molecular flexibility index (Phi) is 4.98. The Morgan fingerprint density at radius 1 is 1.05 bits per heavy atom. The SMILES string of the molecule is CCOC(=O)N1CCN(C(=O)Cc2ccccc2)CC1. The molecule has 1 fully saturated rings. The molecule has 5 nitrogen and oxygen atoms in total. The molecule has 1 aromatic carbocycles. The molecule has 1 aromatic rings. The van der Waals surface area contributed by atoms with Crippen molar-refractivity contribution in [2.75, 3.05) is 32.8 Å². The molecule has 0 bridgehead atoms. The summed E-state index contributed by atoms with van der Waals surface area (Å²) in [7, 11) is 0. The van der Waals surface area contributed by atoms with E-state index in [-0.39, 0.29) is 12.0 Å². The van der Waals surface area contributed by atoms with Crippen LogP contribution in [0.3, 0.4) is 0 Å². The monoisotopic (exact) mass is 276 g/mol. The van der Waals surface area contributed by atoms with Crippen molar-refractivity contribution in [1.29, 1.82) is 0 Å². The summed E-state index contributed by atoms with van der Waals surface area (Å²) in [4.78, 5) is 27.2. The maximum Gasteiger partial charge on any atom is 0.409 e. The Bertz CT molecular complexity index is 453. The summed E-state index contributed by atoms with van der Waals surface area (Å²) in [6, 6.07) is 9.70. The van der Waals surface area contributed by atoms with E-state index in [4.69, 9.17) is 4.74 Å². The Morgan fingerprint density at radius 2 is 1.65 bits per heavy atom. The number of amides is 2. The summed E-state index contributed by atoms with van der Waals surface area (Å²) in [5.41, 5.74) is 1.02. The molecule has 2 amide bonds. The van der Waals surface area contributed by atoms with Crippen LogP contribution in [0.1, 0.15) is 12.5 Å². The second kappa shape index (κ2) is 6.93. The molecule has 0 unspecified atom stereocenters. The van der Waals surface area contributed by atoms with Crippen molar-refractivity contribution in [3.8, 4) is 0 Å². The fourth-order valence-electron chi connectivity index (χ4n) is 2.24. The highest BCUT2D eigenvalue weighted by Gasteiger charge is 2.24. The zero-order valence-corrected chi connectivity index (χ0v) is 11.7. The van der Waals surface area contributed by atoms with Crippen molar-refractivity contribution in [3.63, 3.8) is 0 Å². The number of rotatable bonds is 3. The number of ether oxygens (including phenoxy) is 1. The van der Waals surface area contributed by atoms with Gasteiger partial charge in [-0.05, 0) is 12.5 Å². The summed E-state index contributed by atoms with van der Waals surface area (Å²) >= 11 is 0. The lowest BCUT2D eigenvalue weighted by Crippen LogP contribution is -2.51. The molecule has 0 saturated carbocycles. The van der Waals surface area contributed by atoms with E-state index >= 15 is 0 Å². The average Bonchev–Trinajstić information content (AvgIpc) is 2.48. The van der Waals surface area contributed by atoms with Crippen LogP contribution in [0, 0.1) is 0 Å². The summed E-state index contributed by atoms with van der Waals surface area (Å²) in [6.45, 7) is 4.40. The number of benzene rings is 1. The van der Waals surface area contributed by atoms with Gasteiger partial charge in [0.2, 0.25) is 5.91 Å². The van der Waals surface area contributed by atoms with Crippen molar-refractivity contribution >= 4 is 12.0 Å². The average molecular weight is 276 g/mol. The predicted molar refractivity (Wildman–Crippen MR) is 75.3 cm³/mol. The third-order valence-electron chi connectivity index (χ3n) is 3.36. The van der Waals surface area contributed by atoms with Gasteiger partial charge < -0.3 is 14.5 Å². The lowest BCUT2D eigenvalue weighted by molar-refractivity contribution is -0.132. The Balaban J connectivity index is 1.81. The van der Waals surface area contributed by atoms with Crippen molar-refractivity contribution in [2.24, 2.45) is 0 Å². The minimum atomic E-state index is -0.289. The normalized spacial score (nSPS) is 15.1. The van der Waals surface area contributed by atoms with E-state index in [1.807, 2.05) is 35.2 Å². The highest BCUT2D eigenvalue weighted by atomic mass is 16.6. The van der Waals surface area contributed by atoms with Gasteiger partial charge in [0.1, 0.15) is 0 Å². The van der Waals surface area contributed by atoms with E-state index in [0.717, 1.165) is 5.56 Å². The molecule has 0 aliphatic carbocycles. The minimum absolute atomic E-state index is 0.111. The highest BCUT2D eigenvalue weighted by molar-refractivity contribution is 5.79. The number of hydrogen-bond acceptors (Lipinski definition) is 3. The first-order valence-corrected chi connectivity index (χ1v) is 6.94. The summed E-state index contributed by atoms with van der Waals surface area (Å²) in [5, 5.41) is 0. The third kappa shape index (κ3) is 3.73. The molecule has 1 heterocycles. The number of piperazine rings is 1. The molecule has 108 valence electrons. The van der Waals surface area contributed by atoms with Gasteiger partial charge in [-0.2, -0.15) is 0 Å². The van der Waals surface area contributed by atoms with Crippen molar-refractivity contribution in [2.45, 2.75) is 13.3 Å². The first kappa shape index (κ1) is 14.4. The molecule has 20 heavy (non-hydrogen) atoms. The van der Waals surface area contributed by atoms with Crippen LogP contribution >= 0.6 is 0 Å². The van der Waals surface area contributed by atoms with Crippen LogP contribution < -0.4 is 0 Å². The topological polar surface area (TPSA) is 49.9 Å². The van der Waals surface area contributed by atoms with Gasteiger partial charge in [-0.15, -0.1) is 0 Å². The van der Waals surface area contributed by atoms with Crippen LogP contribution in [0.25, 0.3) is 0 Å². The van der Waals surface area contributed by atoms with E-state index in [0.29, 0.717) is 39.2 Å². The number of nitrogens with zero attached hydrogens (tertiary/aromatic N) is 2. The summed E-state index contributed by atoms with van der Waals surface area (Å²) in [6.07, 6.45) is 0.128. The van der Waals surface area contributed by atoms with Crippen LogP contribution in [0.15, 0.2) is 30.3 Å². The third-order valence-corrected chi connectivity index (χ3v) is 3.36. The van der Waals surface area contributed by atoms with Crippen LogP contribution in [-0.2, 0) is 16.0 Å². The second-order valence-corrected chi connectivity index (χ2v) is 4.73. The molecule has 0 N–H and O–H groups in total. The van der Waals surface area contributed by atoms with E-state index in [2.05, 4.69) is 0 Å². The largest absolute Gasteiger partial charge is 0.450 e. The van der Waals surface area contributed by atoms with Gasteiger partial charge in [0.15, 0.2) is 0 Å². The van der Waals surface area contributed by atoms with Crippen molar-refractivity contribution in [3.05, 3.63) is 35.9 Å². The maximum absolute atomic E-state index is 12.2. The molecule has 0 spiro atoms. The zero-order chi connectivity index (χ0) is 14.4. The van der Waals surface area contributed by atoms with Gasteiger partial charge in [0, 0.05) is 26.2 Å². The smallest absolute Gasteiger partial charge is 0.409 e. The molecule has 1 aliphatic rings. The van der Waals surface area contributed by atoms with Crippen molar-refractivity contribution in [1.82, 2.24) is 9.80 Å². The van der Waals surface area contributed by atoms with Crippen LogP contribution in [0.5, 0.6) is 0 Å². The highest BCUT2D eigenvalue weighted by Crippen LogP contribution is 2.07. The van der Waals surface area contributed by atoms with Crippen LogP contribution in [0.2, 0.25) is 0 Å². The van der Waals surface area contributed by atoms with Gasteiger partial charge in [-0.1, -0.05) is 30.3 Å². The molecule has 2 rings (SSSR count). The van der Waals surface area contributed by atoms with E-state index in [1.165, 1.54) is 0 Å². The van der Waals surface area contributed by atoms with Gasteiger partial charge in [-0.25, -0.2) is 4.79 Å². The molecule has 0 atom stereocenters. The van der Waals surface area contributed by atoms with Gasteiger partial charge in [-0.3, -0.25) is 4.79 Å². The van der Waals surface area contributed by atoms with E-state index < -0.39 is 0 Å². The van der Waals surface area contributed by atoms with Crippen LogP contribution in [0.4, 0.5) is 4.79 Å². The standard InChI is InChI=1S/C15H20N2O3/c1-2-20-15(19)17-10-8-16(9-11-17)14(18)12-13-6-4-3-5-7-13/h3-7H,2,8-12H2,1H3. The molecule has 1 saturated heterocycles. The Hall–Kier alpha value is -2.04. The van der Waals surface area contributed by atoms with Crippen LogP contribution in [-0.4, -0.2) is 54.6 Å². The Morgan fingerprint density at radius 3 is 2.25 bits per heavy atom. The first-order chi connectivity index (χ1) is 9.70. The molecule has 1 aliphatic heterocycles. The number of carbonyl (C=O) groups excluding carboxylic acids is 2. The van der Waals surface area contributed by atoms with Gasteiger partial charge >= 0.3 is 6.09 Å². The van der Waals surface area contributed by atoms with E-state index in [1.54, 1.807) is 11.8 Å². The molecule has 0 radical (unpaired) electrons.